The number of para-hydroxylation sites is 1. The number of aromatic nitrogens is 1. The van der Waals surface area contributed by atoms with Crippen LogP contribution < -0.4 is 5.56 Å². The number of carbonyl (C=O) groups is 1. The van der Waals surface area contributed by atoms with Crippen LogP contribution in [0, 0.1) is 6.92 Å². The van der Waals surface area contributed by atoms with Gasteiger partial charge in [-0.2, -0.15) is 0 Å². The average Bonchev–Trinajstić information content (AvgIpc) is 2.29. The van der Waals surface area contributed by atoms with E-state index >= 15 is 0 Å². The number of carboxylic acid groups (broad SMARTS) is 1. The molecule has 4 heteroatoms. The Hall–Kier alpha value is -2.10. The van der Waals surface area contributed by atoms with Gasteiger partial charge in [0.25, 0.3) is 5.56 Å². The van der Waals surface area contributed by atoms with Crippen LogP contribution in [0.5, 0.6) is 0 Å². The molecule has 0 aliphatic rings. The Morgan fingerprint density at radius 2 is 2.06 bits per heavy atom. The smallest absolute Gasteiger partial charge is 0.305 e. The van der Waals surface area contributed by atoms with Crippen LogP contribution in [0.25, 0.3) is 10.9 Å². The summed E-state index contributed by atoms with van der Waals surface area (Å²) in [7, 11) is 0. The summed E-state index contributed by atoms with van der Waals surface area (Å²) in [5.41, 5.74) is 1.29. The van der Waals surface area contributed by atoms with Crippen molar-refractivity contribution in [1.29, 1.82) is 0 Å². The first-order chi connectivity index (χ1) is 8.09. The molecule has 1 N–H and O–H groups in total. The summed E-state index contributed by atoms with van der Waals surface area (Å²) in [5, 5.41) is 9.65. The van der Waals surface area contributed by atoms with Crippen LogP contribution in [-0.4, -0.2) is 15.6 Å². The summed E-state index contributed by atoms with van der Waals surface area (Å²) in [4.78, 5) is 22.6. The molecule has 4 nitrogen and oxygen atoms in total. The lowest BCUT2D eigenvalue weighted by molar-refractivity contribution is -0.137. The number of rotatable bonds is 3. The average molecular weight is 231 g/mol. The van der Waals surface area contributed by atoms with Gasteiger partial charge < -0.3 is 9.67 Å². The van der Waals surface area contributed by atoms with Crippen LogP contribution in [0.4, 0.5) is 0 Å². The van der Waals surface area contributed by atoms with E-state index in [9.17, 15) is 9.59 Å². The van der Waals surface area contributed by atoms with E-state index in [2.05, 4.69) is 0 Å². The van der Waals surface area contributed by atoms with Crippen LogP contribution in [0.3, 0.4) is 0 Å². The maximum atomic E-state index is 12.0. The highest BCUT2D eigenvalue weighted by molar-refractivity contribution is 5.79. The van der Waals surface area contributed by atoms with Crippen LogP contribution in [0.15, 0.2) is 35.1 Å². The molecule has 0 aliphatic carbocycles. The Morgan fingerprint density at radius 1 is 1.35 bits per heavy atom. The third-order valence-electron chi connectivity index (χ3n) is 2.73. The Bertz CT molecular complexity index is 628. The van der Waals surface area contributed by atoms with E-state index in [1.807, 2.05) is 30.3 Å². The summed E-state index contributed by atoms with van der Waals surface area (Å²) < 4.78 is 1.53. The molecule has 1 aromatic carbocycles. The zero-order valence-electron chi connectivity index (χ0n) is 9.51. The normalized spacial score (nSPS) is 10.6. The Kier molecular flexibility index (Phi) is 2.95. The largest absolute Gasteiger partial charge is 0.481 e. The van der Waals surface area contributed by atoms with E-state index in [1.165, 1.54) is 4.57 Å². The lowest BCUT2D eigenvalue weighted by Gasteiger charge is -2.10. The van der Waals surface area contributed by atoms with E-state index in [4.69, 9.17) is 5.11 Å². The van der Waals surface area contributed by atoms with Crippen molar-refractivity contribution in [2.45, 2.75) is 19.9 Å². The van der Waals surface area contributed by atoms with E-state index < -0.39 is 5.97 Å². The Morgan fingerprint density at radius 3 is 2.76 bits per heavy atom. The molecule has 0 atom stereocenters. The van der Waals surface area contributed by atoms with Gasteiger partial charge in [-0.1, -0.05) is 18.2 Å². The maximum Gasteiger partial charge on any atom is 0.305 e. The lowest BCUT2D eigenvalue weighted by atomic mass is 10.1. The molecule has 0 spiro atoms. The number of aryl methyl sites for hydroxylation is 2. The number of hydrogen-bond acceptors (Lipinski definition) is 2. The van der Waals surface area contributed by atoms with Gasteiger partial charge in [-0.3, -0.25) is 9.59 Å². The molecule has 0 bridgehead atoms. The standard InChI is InChI=1S/C13H13NO3/c1-9-8-10-4-2-3-5-11(10)14(13(9)17)7-6-12(15)16/h2-5,8H,6-7H2,1H3,(H,15,16). The van der Waals surface area contributed by atoms with Gasteiger partial charge in [0, 0.05) is 12.1 Å². The summed E-state index contributed by atoms with van der Waals surface area (Å²) >= 11 is 0. The molecule has 2 rings (SSSR count). The molecular formula is C13H13NO3. The zero-order valence-corrected chi connectivity index (χ0v) is 9.51. The molecular weight excluding hydrogens is 218 g/mol. The van der Waals surface area contributed by atoms with Gasteiger partial charge in [0.1, 0.15) is 0 Å². The van der Waals surface area contributed by atoms with Gasteiger partial charge in [-0.25, -0.2) is 0 Å². The number of pyridine rings is 1. The summed E-state index contributed by atoms with van der Waals surface area (Å²) in [6.07, 6.45) is -0.0483. The van der Waals surface area contributed by atoms with Crippen molar-refractivity contribution in [3.05, 3.63) is 46.2 Å². The van der Waals surface area contributed by atoms with Crippen LogP contribution >= 0.6 is 0 Å². The topological polar surface area (TPSA) is 59.3 Å². The Balaban J connectivity index is 2.61. The van der Waals surface area contributed by atoms with Crippen molar-refractivity contribution in [2.75, 3.05) is 0 Å². The molecule has 0 unspecified atom stereocenters. The lowest BCUT2D eigenvalue weighted by Crippen LogP contribution is -2.23. The minimum Gasteiger partial charge on any atom is -0.481 e. The third-order valence-corrected chi connectivity index (χ3v) is 2.73. The van der Waals surface area contributed by atoms with Gasteiger partial charge in [-0.05, 0) is 24.4 Å². The van der Waals surface area contributed by atoms with E-state index in [1.54, 1.807) is 6.92 Å². The first-order valence-corrected chi connectivity index (χ1v) is 5.40. The van der Waals surface area contributed by atoms with Gasteiger partial charge in [0.2, 0.25) is 0 Å². The number of carboxylic acids is 1. The maximum absolute atomic E-state index is 12.0. The molecule has 1 aromatic heterocycles. The predicted molar refractivity (Wildman–Crippen MR) is 65.2 cm³/mol. The number of hydrogen-bond donors (Lipinski definition) is 1. The highest BCUT2D eigenvalue weighted by Crippen LogP contribution is 2.13. The highest BCUT2D eigenvalue weighted by Gasteiger charge is 2.07. The number of aliphatic carboxylic acids is 1. The second-order valence-electron chi connectivity index (χ2n) is 3.99. The van der Waals surface area contributed by atoms with E-state index in [0.29, 0.717) is 5.56 Å². The van der Waals surface area contributed by atoms with Crippen molar-refractivity contribution < 1.29 is 9.90 Å². The summed E-state index contributed by atoms with van der Waals surface area (Å²) in [6, 6.07) is 9.31. The van der Waals surface area contributed by atoms with Gasteiger partial charge in [-0.15, -0.1) is 0 Å². The molecule has 88 valence electrons. The van der Waals surface area contributed by atoms with Crippen molar-refractivity contribution in [3.63, 3.8) is 0 Å². The summed E-state index contributed by atoms with van der Waals surface area (Å²) in [6.45, 7) is 1.95. The number of nitrogens with zero attached hydrogens (tertiary/aromatic N) is 1. The fraction of sp³-hybridized carbons (Fsp3) is 0.231. The predicted octanol–water partition coefficient (Wildman–Crippen LogP) is 1.78. The van der Waals surface area contributed by atoms with E-state index in [0.717, 1.165) is 10.9 Å². The Labute approximate surface area is 98.1 Å². The van der Waals surface area contributed by atoms with E-state index in [-0.39, 0.29) is 18.5 Å². The fourth-order valence-corrected chi connectivity index (χ4v) is 1.90. The second kappa shape index (κ2) is 4.41. The highest BCUT2D eigenvalue weighted by atomic mass is 16.4. The number of benzene rings is 1. The van der Waals surface area contributed by atoms with Gasteiger partial charge in [0.05, 0.1) is 11.9 Å². The van der Waals surface area contributed by atoms with Crippen molar-refractivity contribution in [2.24, 2.45) is 0 Å². The summed E-state index contributed by atoms with van der Waals surface area (Å²) in [5.74, 6) is -0.900. The molecule has 0 fully saturated rings. The van der Waals surface area contributed by atoms with Crippen molar-refractivity contribution >= 4 is 16.9 Å². The molecule has 0 radical (unpaired) electrons. The minimum atomic E-state index is -0.900. The minimum absolute atomic E-state index is 0.0483. The molecule has 1 heterocycles. The molecule has 0 amide bonds. The first kappa shape index (κ1) is 11.4. The van der Waals surface area contributed by atoms with Crippen LogP contribution in [0.2, 0.25) is 0 Å². The first-order valence-electron chi connectivity index (χ1n) is 5.40. The molecule has 0 saturated carbocycles. The van der Waals surface area contributed by atoms with Crippen LogP contribution in [0.1, 0.15) is 12.0 Å². The van der Waals surface area contributed by atoms with Gasteiger partial charge >= 0.3 is 5.97 Å². The fourth-order valence-electron chi connectivity index (χ4n) is 1.90. The van der Waals surface area contributed by atoms with Crippen molar-refractivity contribution in [3.8, 4) is 0 Å². The SMILES string of the molecule is Cc1cc2ccccc2n(CCC(=O)O)c1=O. The van der Waals surface area contributed by atoms with Crippen molar-refractivity contribution in [1.82, 2.24) is 4.57 Å². The third kappa shape index (κ3) is 2.20. The molecule has 2 aromatic rings. The molecule has 0 saturated heterocycles. The van der Waals surface area contributed by atoms with Crippen LogP contribution in [-0.2, 0) is 11.3 Å². The molecule has 17 heavy (non-hydrogen) atoms. The molecule has 0 aliphatic heterocycles. The monoisotopic (exact) mass is 231 g/mol. The second-order valence-corrected chi connectivity index (χ2v) is 3.99. The zero-order chi connectivity index (χ0) is 12.4. The quantitative estimate of drug-likeness (QED) is 0.876. The van der Waals surface area contributed by atoms with Gasteiger partial charge in [0.15, 0.2) is 0 Å². The number of fused-ring (bicyclic) bond motifs is 1.